The minimum absolute atomic E-state index is 0.671. The summed E-state index contributed by atoms with van der Waals surface area (Å²) in [6.45, 7) is 0.729. The van der Waals surface area contributed by atoms with Crippen molar-refractivity contribution >= 4 is 22.2 Å². The van der Waals surface area contributed by atoms with Crippen LogP contribution in [0.2, 0.25) is 0 Å². The van der Waals surface area contributed by atoms with E-state index >= 15 is 0 Å². The fourth-order valence-electron chi connectivity index (χ4n) is 0.940. The summed E-state index contributed by atoms with van der Waals surface area (Å²) in [5, 5.41) is 3.15. The average Bonchev–Trinajstić information content (AvgIpc) is 2.08. The standard InChI is InChI=1S/C9H14N2OS/c1-13(12)7-6-11-9-4-2-8(10)3-5-9/h2-5,11H,6-7,10H2,1H3. The molecule has 1 aromatic carbocycles. The number of benzene rings is 1. The van der Waals surface area contributed by atoms with Crippen molar-refractivity contribution in [1.29, 1.82) is 0 Å². The fraction of sp³-hybridized carbons (Fsp3) is 0.333. The van der Waals surface area contributed by atoms with Crippen molar-refractivity contribution in [2.75, 3.05) is 29.6 Å². The normalized spacial score (nSPS) is 12.4. The molecule has 0 radical (unpaired) electrons. The van der Waals surface area contributed by atoms with Crippen molar-refractivity contribution in [3.63, 3.8) is 0 Å². The molecular formula is C9H14N2OS. The Labute approximate surface area is 80.8 Å². The lowest BCUT2D eigenvalue weighted by molar-refractivity contribution is 0.687. The lowest BCUT2D eigenvalue weighted by atomic mass is 10.3. The van der Waals surface area contributed by atoms with E-state index in [1.165, 1.54) is 0 Å². The van der Waals surface area contributed by atoms with Crippen LogP contribution in [0.25, 0.3) is 0 Å². The van der Waals surface area contributed by atoms with Crippen LogP contribution in [0.1, 0.15) is 0 Å². The highest BCUT2D eigenvalue weighted by molar-refractivity contribution is 7.84. The first-order chi connectivity index (χ1) is 6.18. The van der Waals surface area contributed by atoms with E-state index in [1.54, 1.807) is 6.26 Å². The zero-order valence-corrected chi connectivity index (χ0v) is 8.43. The molecule has 3 N–H and O–H groups in total. The molecule has 4 heteroatoms. The molecule has 3 nitrogen and oxygen atoms in total. The summed E-state index contributed by atoms with van der Waals surface area (Å²) in [5.41, 5.74) is 7.29. The van der Waals surface area contributed by atoms with Crippen molar-refractivity contribution in [3.8, 4) is 0 Å². The zero-order chi connectivity index (χ0) is 9.68. The number of hydrogen-bond donors (Lipinski definition) is 2. The van der Waals surface area contributed by atoms with Crippen LogP contribution < -0.4 is 11.1 Å². The van der Waals surface area contributed by atoms with Crippen molar-refractivity contribution in [1.82, 2.24) is 0 Å². The highest BCUT2D eigenvalue weighted by Crippen LogP contribution is 2.09. The number of nitrogen functional groups attached to an aromatic ring is 1. The van der Waals surface area contributed by atoms with Gasteiger partial charge in [0, 0.05) is 40.7 Å². The monoisotopic (exact) mass is 198 g/mol. The van der Waals surface area contributed by atoms with Gasteiger partial charge in [-0.25, -0.2) is 0 Å². The number of nitrogens with one attached hydrogen (secondary N) is 1. The second-order valence-electron chi connectivity index (χ2n) is 2.83. The predicted molar refractivity (Wildman–Crippen MR) is 58.3 cm³/mol. The van der Waals surface area contributed by atoms with E-state index in [0.717, 1.165) is 17.9 Å². The van der Waals surface area contributed by atoms with Crippen LogP contribution in [-0.2, 0) is 10.8 Å². The van der Waals surface area contributed by atoms with Crippen LogP contribution in [0.4, 0.5) is 11.4 Å². The van der Waals surface area contributed by atoms with E-state index < -0.39 is 10.8 Å². The second kappa shape index (κ2) is 4.87. The quantitative estimate of drug-likeness (QED) is 0.711. The van der Waals surface area contributed by atoms with Gasteiger partial charge in [-0.05, 0) is 24.3 Å². The molecular weight excluding hydrogens is 184 g/mol. The maximum Gasteiger partial charge on any atom is 0.0405 e. The molecule has 1 aromatic rings. The number of hydrogen-bond acceptors (Lipinski definition) is 3. The Morgan fingerprint density at radius 1 is 1.38 bits per heavy atom. The summed E-state index contributed by atoms with van der Waals surface area (Å²) in [4.78, 5) is 0. The van der Waals surface area contributed by atoms with Crippen LogP contribution in [0.15, 0.2) is 24.3 Å². The summed E-state index contributed by atoms with van der Waals surface area (Å²) in [7, 11) is -0.731. The Morgan fingerprint density at radius 2 is 2.00 bits per heavy atom. The highest BCUT2D eigenvalue weighted by Gasteiger charge is 1.92. The zero-order valence-electron chi connectivity index (χ0n) is 7.62. The molecule has 1 rings (SSSR count). The van der Waals surface area contributed by atoms with E-state index in [-0.39, 0.29) is 0 Å². The Bertz CT molecular complexity index is 284. The molecule has 1 unspecified atom stereocenters. The molecule has 0 aromatic heterocycles. The van der Waals surface area contributed by atoms with Crippen LogP contribution in [0.5, 0.6) is 0 Å². The van der Waals surface area contributed by atoms with Crippen molar-refractivity contribution in [3.05, 3.63) is 24.3 Å². The molecule has 0 saturated carbocycles. The van der Waals surface area contributed by atoms with Crippen LogP contribution in [0, 0.1) is 0 Å². The third kappa shape index (κ3) is 3.94. The van der Waals surface area contributed by atoms with E-state index in [2.05, 4.69) is 5.32 Å². The van der Waals surface area contributed by atoms with Gasteiger partial charge in [0.1, 0.15) is 0 Å². The van der Waals surface area contributed by atoms with Crippen molar-refractivity contribution in [2.24, 2.45) is 0 Å². The van der Waals surface area contributed by atoms with Crippen LogP contribution in [-0.4, -0.2) is 22.8 Å². The van der Waals surface area contributed by atoms with Gasteiger partial charge >= 0.3 is 0 Å². The maximum atomic E-state index is 10.7. The van der Waals surface area contributed by atoms with E-state index in [9.17, 15) is 4.21 Å². The van der Waals surface area contributed by atoms with Gasteiger partial charge in [0.2, 0.25) is 0 Å². The van der Waals surface area contributed by atoms with Crippen LogP contribution in [0.3, 0.4) is 0 Å². The Balaban J connectivity index is 2.37. The third-order valence-electron chi connectivity index (χ3n) is 1.63. The van der Waals surface area contributed by atoms with Crippen molar-refractivity contribution < 1.29 is 4.21 Å². The Hall–Kier alpha value is -1.03. The SMILES string of the molecule is CS(=O)CCNc1ccc(N)cc1. The van der Waals surface area contributed by atoms with E-state index in [4.69, 9.17) is 5.73 Å². The minimum Gasteiger partial charge on any atom is -0.399 e. The van der Waals surface area contributed by atoms with Gasteiger partial charge in [0.15, 0.2) is 0 Å². The topological polar surface area (TPSA) is 55.1 Å². The van der Waals surface area contributed by atoms with Gasteiger partial charge < -0.3 is 11.1 Å². The molecule has 0 heterocycles. The molecule has 0 aliphatic carbocycles. The summed E-state index contributed by atoms with van der Waals surface area (Å²) < 4.78 is 10.7. The number of nitrogens with two attached hydrogens (primary N) is 1. The molecule has 0 aliphatic rings. The smallest absolute Gasteiger partial charge is 0.0405 e. The van der Waals surface area contributed by atoms with Gasteiger partial charge in [-0.15, -0.1) is 0 Å². The number of rotatable bonds is 4. The first-order valence-corrected chi connectivity index (χ1v) is 5.80. The molecule has 0 aliphatic heterocycles. The number of anilines is 2. The Kier molecular flexibility index (Phi) is 3.76. The molecule has 0 bridgehead atoms. The largest absolute Gasteiger partial charge is 0.399 e. The van der Waals surface area contributed by atoms with Crippen LogP contribution >= 0.6 is 0 Å². The summed E-state index contributed by atoms with van der Waals surface area (Å²) in [6.07, 6.45) is 1.70. The first-order valence-electron chi connectivity index (χ1n) is 4.08. The highest BCUT2D eigenvalue weighted by atomic mass is 32.2. The summed E-state index contributed by atoms with van der Waals surface area (Å²) in [5.74, 6) is 0.671. The molecule has 0 saturated heterocycles. The third-order valence-corrected chi connectivity index (χ3v) is 2.41. The average molecular weight is 198 g/mol. The van der Waals surface area contributed by atoms with E-state index in [1.807, 2.05) is 24.3 Å². The second-order valence-corrected chi connectivity index (χ2v) is 4.38. The summed E-state index contributed by atoms with van der Waals surface area (Å²) >= 11 is 0. The molecule has 0 amide bonds. The summed E-state index contributed by atoms with van der Waals surface area (Å²) in [6, 6.07) is 7.50. The van der Waals surface area contributed by atoms with Gasteiger partial charge in [0.25, 0.3) is 0 Å². The molecule has 72 valence electrons. The van der Waals surface area contributed by atoms with Gasteiger partial charge in [-0.3, -0.25) is 4.21 Å². The maximum absolute atomic E-state index is 10.7. The molecule has 13 heavy (non-hydrogen) atoms. The van der Waals surface area contributed by atoms with Gasteiger partial charge in [0.05, 0.1) is 0 Å². The fourth-order valence-corrected chi connectivity index (χ4v) is 1.33. The first kappa shape index (κ1) is 10.1. The molecule has 1 atom stereocenters. The van der Waals surface area contributed by atoms with Crippen molar-refractivity contribution in [2.45, 2.75) is 0 Å². The van der Waals surface area contributed by atoms with E-state index in [0.29, 0.717) is 5.75 Å². The predicted octanol–water partition coefficient (Wildman–Crippen LogP) is 1.06. The molecule has 0 fully saturated rings. The minimum atomic E-state index is -0.731. The van der Waals surface area contributed by atoms with Gasteiger partial charge in [-0.1, -0.05) is 0 Å². The lowest BCUT2D eigenvalue weighted by Gasteiger charge is -2.04. The Morgan fingerprint density at radius 3 is 2.54 bits per heavy atom. The molecule has 0 spiro atoms. The van der Waals surface area contributed by atoms with Gasteiger partial charge in [-0.2, -0.15) is 0 Å². The lowest BCUT2D eigenvalue weighted by Crippen LogP contribution is -2.09.